The summed E-state index contributed by atoms with van der Waals surface area (Å²) in [6.07, 6.45) is 0.413. The van der Waals surface area contributed by atoms with E-state index < -0.39 is 0 Å². The number of aromatic nitrogens is 1. The molecular weight excluding hydrogens is 346 g/mol. The summed E-state index contributed by atoms with van der Waals surface area (Å²) in [5, 5.41) is 1.05. The lowest BCUT2D eigenvalue weighted by Crippen LogP contribution is -2.49. The minimum Gasteiger partial charge on any atom is -0.493 e. The zero-order valence-corrected chi connectivity index (χ0v) is 15.3. The lowest BCUT2D eigenvalue weighted by Gasteiger charge is -2.34. The normalized spacial score (nSPS) is 14.6. The number of carbonyl (C=O) groups is 1. The first-order chi connectivity index (χ1) is 12.8. The van der Waals surface area contributed by atoms with E-state index in [-0.39, 0.29) is 5.91 Å². The Morgan fingerprint density at radius 1 is 1.00 bits per heavy atom. The van der Waals surface area contributed by atoms with Crippen molar-refractivity contribution in [3.63, 3.8) is 0 Å². The largest absolute Gasteiger partial charge is 0.493 e. The van der Waals surface area contributed by atoms with Crippen molar-refractivity contribution in [1.82, 2.24) is 9.88 Å². The molecular formula is C20H21N3O2S. The fraction of sp³-hybridized carbons (Fsp3) is 0.300. The van der Waals surface area contributed by atoms with Gasteiger partial charge in [-0.2, -0.15) is 0 Å². The van der Waals surface area contributed by atoms with Gasteiger partial charge in [-0.05, 0) is 24.3 Å². The van der Waals surface area contributed by atoms with Crippen molar-refractivity contribution in [3.05, 3.63) is 54.6 Å². The number of carbonyl (C=O) groups excluding carboxylic acids is 1. The summed E-state index contributed by atoms with van der Waals surface area (Å²) in [7, 11) is 0. The van der Waals surface area contributed by atoms with Crippen LogP contribution in [0.4, 0.5) is 5.13 Å². The van der Waals surface area contributed by atoms with Gasteiger partial charge in [0.05, 0.1) is 23.2 Å². The van der Waals surface area contributed by atoms with Crippen molar-refractivity contribution in [1.29, 1.82) is 0 Å². The number of nitrogens with zero attached hydrogens (tertiary/aromatic N) is 3. The number of rotatable bonds is 5. The molecule has 3 aromatic rings. The molecule has 0 N–H and O–H groups in total. The minimum atomic E-state index is 0.157. The van der Waals surface area contributed by atoms with E-state index >= 15 is 0 Å². The van der Waals surface area contributed by atoms with E-state index in [4.69, 9.17) is 9.72 Å². The molecule has 0 bridgehead atoms. The maximum Gasteiger partial charge on any atom is 0.226 e. The smallest absolute Gasteiger partial charge is 0.226 e. The van der Waals surface area contributed by atoms with Gasteiger partial charge in [0.2, 0.25) is 5.91 Å². The third-order valence-electron chi connectivity index (χ3n) is 4.51. The van der Waals surface area contributed by atoms with Crippen LogP contribution in [0.5, 0.6) is 5.75 Å². The monoisotopic (exact) mass is 367 g/mol. The van der Waals surface area contributed by atoms with Gasteiger partial charge in [-0.3, -0.25) is 4.79 Å². The van der Waals surface area contributed by atoms with Crippen molar-refractivity contribution in [3.8, 4) is 5.75 Å². The summed E-state index contributed by atoms with van der Waals surface area (Å²) in [5.74, 6) is 0.964. The molecule has 1 amide bonds. The van der Waals surface area contributed by atoms with Crippen molar-refractivity contribution in [2.45, 2.75) is 6.42 Å². The quantitative estimate of drug-likeness (QED) is 0.693. The number of thiazole rings is 1. The van der Waals surface area contributed by atoms with Crippen LogP contribution < -0.4 is 9.64 Å². The molecule has 1 aromatic heterocycles. The van der Waals surface area contributed by atoms with Gasteiger partial charge in [-0.25, -0.2) is 4.98 Å². The molecule has 0 spiro atoms. The first kappa shape index (κ1) is 16.8. The van der Waals surface area contributed by atoms with Crippen LogP contribution in [0, 0.1) is 0 Å². The highest BCUT2D eigenvalue weighted by Gasteiger charge is 2.22. The van der Waals surface area contributed by atoms with Crippen LogP contribution in [0.25, 0.3) is 10.2 Å². The lowest BCUT2D eigenvalue weighted by atomic mass is 10.3. The van der Waals surface area contributed by atoms with E-state index in [1.807, 2.05) is 53.4 Å². The fourth-order valence-corrected chi connectivity index (χ4v) is 4.09. The molecule has 26 heavy (non-hydrogen) atoms. The third-order valence-corrected chi connectivity index (χ3v) is 5.61. The second kappa shape index (κ2) is 7.74. The van der Waals surface area contributed by atoms with Crippen molar-refractivity contribution in [2.24, 2.45) is 0 Å². The molecule has 0 atom stereocenters. The van der Waals surface area contributed by atoms with Gasteiger partial charge < -0.3 is 14.5 Å². The molecule has 1 saturated heterocycles. The Morgan fingerprint density at radius 3 is 2.50 bits per heavy atom. The maximum atomic E-state index is 12.4. The molecule has 1 aliphatic heterocycles. The van der Waals surface area contributed by atoms with Crippen LogP contribution in [0.15, 0.2) is 54.6 Å². The van der Waals surface area contributed by atoms with Gasteiger partial charge in [0, 0.05) is 26.2 Å². The molecule has 1 aliphatic rings. The second-order valence-electron chi connectivity index (χ2n) is 6.24. The van der Waals surface area contributed by atoms with Crippen LogP contribution in [-0.2, 0) is 4.79 Å². The van der Waals surface area contributed by atoms with Crippen LogP contribution in [0.1, 0.15) is 6.42 Å². The van der Waals surface area contributed by atoms with E-state index in [1.165, 1.54) is 4.70 Å². The Hall–Kier alpha value is -2.60. The van der Waals surface area contributed by atoms with Gasteiger partial charge in [0.15, 0.2) is 5.13 Å². The first-order valence-corrected chi connectivity index (χ1v) is 9.67. The average Bonchev–Trinajstić information content (AvgIpc) is 3.13. The number of benzene rings is 2. The molecule has 0 unspecified atom stereocenters. The highest BCUT2D eigenvalue weighted by Crippen LogP contribution is 2.29. The predicted octanol–water partition coefficient (Wildman–Crippen LogP) is 3.41. The lowest BCUT2D eigenvalue weighted by molar-refractivity contribution is -0.132. The van der Waals surface area contributed by atoms with E-state index in [2.05, 4.69) is 11.0 Å². The molecule has 5 nitrogen and oxygen atoms in total. The average molecular weight is 367 g/mol. The Morgan fingerprint density at radius 2 is 1.73 bits per heavy atom. The first-order valence-electron chi connectivity index (χ1n) is 8.86. The van der Waals surface area contributed by atoms with Crippen LogP contribution in [0.2, 0.25) is 0 Å². The third kappa shape index (κ3) is 3.80. The van der Waals surface area contributed by atoms with Gasteiger partial charge in [-0.15, -0.1) is 0 Å². The molecule has 1 fully saturated rings. The van der Waals surface area contributed by atoms with E-state index in [9.17, 15) is 4.79 Å². The number of fused-ring (bicyclic) bond motifs is 1. The number of piperazine rings is 1. The number of amides is 1. The molecule has 4 rings (SSSR count). The zero-order chi connectivity index (χ0) is 17.8. The number of hydrogen-bond donors (Lipinski definition) is 0. The van der Waals surface area contributed by atoms with Gasteiger partial charge >= 0.3 is 0 Å². The highest BCUT2D eigenvalue weighted by molar-refractivity contribution is 7.22. The van der Waals surface area contributed by atoms with Crippen molar-refractivity contribution in [2.75, 3.05) is 37.7 Å². The minimum absolute atomic E-state index is 0.157. The standard InChI is InChI=1S/C20H21N3O2S/c24-19(10-15-25-16-6-2-1-3-7-16)22-11-13-23(14-12-22)20-21-17-8-4-5-9-18(17)26-20/h1-9H,10-15H2. The number of anilines is 1. The van der Waals surface area contributed by atoms with E-state index in [1.54, 1.807) is 11.3 Å². The van der Waals surface area contributed by atoms with Crippen molar-refractivity contribution >= 4 is 32.6 Å². The second-order valence-corrected chi connectivity index (χ2v) is 7.25. The Kier molecular flexibility index (Phi) is 5.02. The summed E-state index contributed by atoms with van der Waals surface area (Å²) >= 11 is 1.72. The Labute approximate surface area is 156 Å². The number of para-hydroxylation sites is 2. The van der Waals surface area contributed by atoms with Gasteiger partial charge in [-0.1, -0.05) is 41.7 Å². The molecule has 0 aliphatic carbocycles. The molecule has 134 valence electrons. The van der Waals surface area contributed by atoms with Crippen molar-refractivity contribution < 1.29 is 9.53 Å². The predicted molar refractivity (Wildman–Crippen MR) is 105 cm³/mol. The maximum absolute atomic E-state index is 12.4. The molecule has 2 heterocycles. The SMILES string of the molecule is O=C(CCOc1ccccc1)N1CCN(c2nc3ccccc3s2)CC1. The van der Waals surface area contributed by atoms with Crippen LogP contribution in [-0.4, -0.2) is 48.6 Å². The summed E-state index contributed by atoms with van der Waals surface area (Å²) in [4.78, 5) is 21.3. The molecule has 2 aromatic carbocycles. The summed E-state index contributed by atoms with van der Waals surface area (Å²) in [6.45, 7) is 3.54. The van der Waals surface area contributed by atoms with E-state index in [0.717, 1.165) is 42.6 Å². The Balaban J connectivity index is 1.27. The number of ether oxygens (including phenoxy) is 1. The van der Waals surface area contributed by atoms with Gasteiger partial charge in [0.25, 0.3) is 0 Å². The fourth-order valence-electron chi connectivity index (χ4n) is 3.07. The summed E-state index contributed by atoms with van der Waals surface area (Å²) < 4.78 is 6.83. The van der Waals surface area contributed by atoms with Gasteiger partial charge in [0.1, 0.15) is 5.75 Å². The zero-order valence-electron chi connectivity index (χ0n) is 14.5. The van der Waals surface area contributed by atoms with E-state index in [0.29, 0.717) is 13.0 Å². The van der Waals surface area contributed by atoms with Crippen LogP contribution >= 0.6 is 11.3 Å². The highest BCUT2D eigenvalue weighted by atomic mass is 32.1. The van der Waals surface area contributed by atoms with Crippen LogP contribution in [0.3, 0.4) is 0 Å². The summed E-state index contributed by atoms with van der Waals surface area (Å²) in [5.41, 5.74) is 1.05. The topological polar surface area (TPSA) is 45.7 Å². The summed E-state index contributed by atoms with van der Waals surface area (Å²) in [6, 6.07) is 17.8. The molecule has 0 radical (unpaired) electrons. The molecule has 0 saturated carbocycles. The molecule has 6 heteroatoms. The Bertz CT molecular complexity index is 840. The number of hydrogen-bond acceptors (Lipinski definition) is 5.